The fraction of sp³-hybridized carbons (Fsp3) is 0.236. The Kier molecular flexibility index (Phi) is 15.6. The van der Waals surface area contributed by atoms with Crippen molar-refractivity contribution >= 4 is 52.9 Å². The minimum Gasteiger partial charge on any atom is -0.758 e. The number of nitroso groups, excluding NO2 is 1. The van der Waals surface area contributed by atoms with Gasteiger partial charge in [-0.25, -0.2) is 28.8 Å². The maximum Gasteiger partial charge on any atom is 0.341 e. The monoisotopic (exact) mass is 976 g/mol. The lowest BCUT2D eigenvalue weighted by molar-refractivity contribution is 0.0512. The molecule has 7 rings (SSSR count). The Morgan fingerprint density at radius 3 is 0.903 bits per heavy atom. The fourth-order valence-electron chi connectivity index (χ4n) is 8.82. The predicted octanol–water partition coefficient (Wildman–Crippen LogP) is 11.0. The molecule has 0 saturated carbocycles. The van der Waals surface area contributed by atoms with Crippen LogP contribution in [0.15, 0.2) is 96.2 Å². The smallest absolute Gasteiger partial charge is 0.341 e. The molecule has 17 heteroatoms. The van der Waals surface area contributed by atoms with Crippen molar-refractivity contribution in [3.63, 3.8) is 0 Å². The summed E-state index contributed by atoms with van der Waals surface area (Å²) < 4.78 is 32.1. The van der Waals surface area contributed by atoms with Gasteiger partial charge < -0.3 is 44.4 Å². The van der Waals surface area contributed by atoms with E-state index in [-0.39, 0.29) is 107 Å². The SMILES string of the molecule is CCOC(=O)c1c2ccc(-c3cc(-c4ccc5c(C(=O)OCC)c(N=O)c(C(=O)OCC)c-5cc4)cc(-c4ccc5c(C(=O)OCC)c(N(C)[O-])c(C(=O)OCC)c-5cc4)c3)ccc-2c(C(=O)OCC)c1N. The zero-order chi connectivity index (χ0) is 52.0. The largest absolute Gasteiger partial charge is 0.758 e. The summed E-state index contributed by atoms with van der Waals surface area (Å²) in [7, 11) is 1.18. The van der Waals surface area contributed by atoms with Gasteiger partial charge in [0, 0.05) is 0 Å². The number of hydrogen-bond acceptors (Lipinski definition) is 17. The van der Waals surface area contributed by atoms with Gasteiger partial charge in [0.25, 0.3) is 0 Å². The Hall–Kier alpha value is -8.70. The Bertz CT molecular complexity index is 3030. The highest BCUT2D eigenvalue weighted by Crippen LogP contribution is 2.47. The van der Waals surface area contributed by atoms with Crippen LogP contribution in [0.5, 0.6) is 0 Å². The third-order valence-electron chi connectivity index (χ3n) is 11.8. The second-order valence-corrected chi connectivity index (χ2v) is 15.9. The summed E-state index contributed by atoms with van der Waals surface area (Å²) in [5.74, 6) is -4.79. The molecule has 0 radical (unpaired) electrons. The minimum atomic E-state index is -0.859. The molecule has 0 atom stereocenters. The average molecular weight is 977 g/mol. The molecule has 0 fully saturated rings. The molecule has 0 saturated heterocycles. The number of nitrogens with two attached hydrogens (primary N) is 1. The van der Waals surface area contributed by atoms with Gasteiger partial charge in [-0.1, -0.05) is 72.8 Å². The maximum absolute atomic E-state index is 13.6. The summed E-state index contributed by atoms with van der Waals surface area (Å²) in [6, 6.07) is 25.7. The van der Waals surface area contributed by atoms with E-state index >= 15 is 0 Å². The van der Waals surface area contributed by atoms with Gasteiger partial charge in [-0.3, -0.25) is 0 Å². The minimum absolute atomic E-state index is 0.00376. The predicted molar refractivity (Wildman–Crippen MR) is 270 cm³/mol. The number of hydrogen-bond donors (Lipinski definition) is 1. The van der Waals surface area contributed by atoms with Crippen LogP contribution in [0.4, 0.5) is 17.1 Å². The molecule has 0 heterocycles. The van der Waals surface area contributed by atoms with Crippen molar-refractivity contribution in [2.24, 2.45) is 5.18 Å². The van der Waals surface area contributed by atoms with E-state index in [9.17, 15) is 38.9 Å². The van der Waals surface area contributed by atoms with Crippen LogP contribution in [0.25, 0.3) is 66.8 Å². The summed E-state index contributed by atoms with van der Waals surface area (Å²) in [5, 5.41) is 16.6. The van der Waals surface area contributed by atoms with Gasteiger partial charge in [0.15, 0.2) is 0 Å². The molecule has 1 aromatic carbocycles. The van der Waals surface area contributed by atoms with Crippen LogP contribution in [-0.4, -0.2) is 82.5 Å². The van der Waals surface area contributed by atoms with Gasteiger partial charge in [-0.05, 0) is 139 Å². The summed E-state index contributed by atoms with van der Waals surface area (Å²) in [4.78, 5) is 93.0. The van der Waals surface area contributed by atoms with Crippen molar-refractivity contribution in [2.45, 2.75) is 41.5 Å². The number of carbonyl (C=O) groups is 6. The number of fused-ring (bicyclic) bond motifs is 3. The number of benzene rings is 1. The van der Waals surface area contributed by atoms with Crippen molar-refractivity contribution in [3.8, 4) is 66.8 Å². The van der Waals surface area contributed by atoms with Gasteiger partial charge in [0.1, 0.15) is 5.69 Å². The van der Waals surface area contributed by atoms with E-state index in [1.807, 2.05) is 18.2 Å². The summed E-state index contributed by atoms with van der Waals surface area (Å²) >= 11 is 0. The van der Waals surface area contributed by atoms with Crippen LogP contribution in [0.2, 0.25) is 0 Å². The molecule has 0 aliphatic heterocycles. The number of carbonyl (C=O) groups excluding carboxylic acids is 6. The van der Waals surface area contributed by atoms with Gasteiger partial charge in [0.2, 0.25) is 0 Å². The Morgan fingerprint density at radius 2 is 0.653 bits per heavy atom. The molecule has 0 bridgehead atoms. The molecule has 1 aromatic rings. The van der Waals surface area contributed by atoms with Crippen molar-refractivity contribution in [2.75, 3.05) is 57.5 Å². The van der Waals surface area contributed by atoms with E-state index in [1.165, 1.54) is 7.05 Å². The molecule has 6 aliphatic rings. The van der Waals surface area contributed by atoms with E-state index in [4.69, 9.17) is 34.2 Å². The van der Waals surface area contributed by atoms with Crippen molar-refractivity contribution in [3.05, 3.63) is 134 Å². The van der Waals surface area contributed by atoms with Crippen LogP contribution in [0, 0.1) is 10.1 Å². The van der Waals surface area contributed by atoms with Gasteiger partial charge in [0.05, 0.1) is 84.4 Å². The van der Waals surface area contributed by atoms with Crippen LogP contribution in [0.1, 0.15) is 104 Å². The van der Waals surface area contributed by atoms with Crippen LogP contribution in [0.3, 0.4) is 0 Å². The molecule has 72 heavy (non-hydrogen) atoms. The van der Waals surface area contributed by atoms with Crippen LogP contribution < -0.4 is 10.8 Å². The van der Waals surface area contributed by atoms with Crippen molar-refractivity contribution in [1.82, 2.24) is 0 Å². The number of nitrogen functional groups attached to an aromatic ring is 1. The van der Waals surface area contributed by atoms with E-state index in [0.29, 0.717) is 49.6 Å². The van der Waals surface area contributed by atoms with Gasteiger partial charge in [-0.15, -0.1) is 4.91 Å². The third kappa shape index (κ3) is 9.48. The Balaban J connectivity index is 1.54. The van der Waals surface area contributed by atoms with E-state index in [0.717, 1.165) is 0 Å². The lowest BCUT2D eigenvalue weighted by atomic mass is 9.94. The highest BCUT2D eigenvalue weighted by Gasteiger charge is 2.35. The van der Waals surface area contributed by atoms with Crippen molar-refractivity contribution in [1.29, 1.82) is 0 Å². The quantitative estimate of drug-likeness (QED) is 0.0386. The number of ether oxygens (including phenoxy) is 6. The Labute approximate surface area is 414 Å². The van der Waals surface area contributed by atoms with Gasteiger partial charge in [-0.2, -0.15) is 0 Å². The normalized spacial score (nSPS) is 11.0. The first kappa shape index (κ1) is 51.2. The second-order valence-electron chi connectivity index (χ2n) is 15.9. The van der Waals surface area contributed by atoms with E-state index in [2.05, 4.69) is 5.18 Å². The van der Waals surface area contributed by atoms with E-state index < -0.39 is 41.5 Å². The third-order valence-corrected chi connectivity index (χ3v) is 11.8. The van der Waals surface area contributed by atoms with Crippen LogP contribution in [-0.2, 0) is 28.4 Å². The number of hydroxylamine groups is 1. The Morgan fingerprint density at radius 1 is 0.417 bits per heavy atom. The molecule has 6 aliphatic carbocycles. The van der Waals surface area contributed by atoms with Gasteiger partial charge >= 0.3 is 35.8 Å². The lowest BCUT2D eigenvalue weighted by Crippen LogP contribution is -2.16. The summed E-state index contributed by atoms with van der Waals surface area (Å²) in [5.41, 5.74) is 10.4. The highest BCUT2D eigenvalue weighted by molar-refractivity contribution is 6.18. The standard InChI is InChI=1S/C55H50N3O14/c1-8-67-50(59)41-35-20-14-29(15-21-36(35)42(47(41)56)51(60)68-9-2)32-26-33(30-16-22-37-38(23-17-30)44(53(62)70-11-4)48(57-65)43(37)52(61)69-10-3)28-34(27-32)31-18-24-39-40(25-19-31)46(55(64)72-13-6)49(58(7)66)45(39)54(63)71-12-5/h14-28H,8-13,56H2,1-7H3/q-1. The van der Waals surface area contributed by atoms with Crippen LogP contribution >= 0.6 is 0 Å². The first-order valence-corrected chi connectivity index (χ1v) is 23.2. The summed E-state index contributed by atoms with van der Waals surface area (Å²) in [6.07, 6.45) is 0. The number of nitrogens with zero attached hydrogens (tertiary/aromatic N) is 2. The molecule has 370 valence electrons. The molecular formula is C55H50N3O14-. The number of rotatable bonds is 17. The highest BCUT2D eigenvalue weighted by atomic mass is 16.6. The average Bonchev–Trinajstić information content (AvgIpc) is 3.69. The molecule has 0 spiro atoms. The molecule has 0 amide bonds. The molecule has 2 N–H and O–H groups in total. The second kappa shape index (κ2) is 21.9. The summed E-state index contributed by atoms with van der Waals surface area (Å²) in [6.45, 7) is 9.81. The zero-order valence-corrected chi connectivity index (χ0v) is 40.6. The fourth-order valence-corrected chi connectivity index (χ4v) is 8.82. The molecule has 17 nitrogen and oxygen atoms in total. The topological polar surface area (TPSA) is 240 Å². The molecule has 0 unspecified atom stereocenters. The number of esters is 6. The first-order valence-electron chi connectivity index (χ1n) is 23.2. The maximum atomic E-state index is 13.6. The first-order chi connectivity index (χ1) is 34.7. The molecular weight excluding hydrogens is 927 g/mol. The number of anilines is 2. The lowest BCUT2D eigenvalue weighted by Gasteiger charge is -2.26. The van der Waals surface area contributed by atoms with Crippen molar-refractivity contribution < 1.29 is 57.2 Å². The van der Waals surface area contributed by atoms with E-state index in [1.54, 1.807) is 114 Å². The molecule has 0 aromatic heterocycles. The zero-order valence-electron chi connectivity index (χ0n) is 40.6.